The SMILES string of the molecule is CCOC(=O)/C(=C1C=C(/C=C/C2C3(CO3)C(NC(C)C(=O)NC3=NCC=N3)CC3[C@]2(C)CC[C@@H](O)[C@@]3(C)CO)C(=O)O/1)c1ccc(N(C)C)cc1. The van der Waals surface area contributed by atoms with Crippen molar-refractivity contribution in [2.45, 2.75) is 70.7 Å². The van der Waals surface area contributed by atoms with Gasteiger partial charge in [0.2, 0.25) is 11.9 Å². The van der Waals surface area contributed by atoms with Crippen LogP contribution in [0.3, 0.4) is 0 Å². The first-order valence-electron chi connectivity index (χ1n) is 17.7. The zero-order chi connectivity index (χ0) is 36.7. The van der Waals surface area contributed by atoms with Crippen molar-refractivity contribution >= 4 is 41.3 Å². The minimum Gasteiger partial charge on any atom is -0.462 e. The topological polar surface area (TPSA) is 175 Å². The Morgan fingerprint density at radius 2 is 1.94 bits per heavy atom. The summed E-state index contributed by atoms with van der Waals surface area (Å²) in [5.41, 5.74) is -0.0501. The predicted molar refractivity (Wildman–Crippen MR) is 192 cm³/mol. The summed E-state index contributed by atoms with van der Waals surface area (Å²) in [5.74, 6) is -1.56. The molecule has 51 heavy (non-hydrogen) atoms. The number of benzene rings is 1. The first kappa shape index (κ1) is 36.6. The van der Waals surface area contributed by atoms with Crippen LogP contribution >= 0.6 is 0 Å². The monoisotopic (exact) mass is 703 g/mol. The van der Waals surface area contributed by atoms with Gasteiger partial charge in [0.1, 0.15) is 16.9 Å². The molecule has 3 aliphatic heterocycles. The molecule has 13 heteroatoms. The smallest absolute Gasteiger partial charge is 0.343 e. The summed E-state index contributed by atoms with van der Waals surface area (Å²) >= 11 is 0. The van der Waals surface area contributed by atoms with Crippen molar-refractivity contribution in [2.75, 3.05) is 45.4 Å². The Morgan fingerprint density at radius 3 is 2.55 bits per heavy atom. The zero-order valence-corrected chi connectivity index (χ0v) is 30.1. The van der Waals surface area contributed by atoms with E-state index in [0.717, 1.165) is 5.69 Å². The summed E-state index contributed by atoms with van der Waals surface area (Å²) in [7, 11) is 3.84. The predicted octanol–water partition coefficient (Wildman–Crippen LogP) is 2.53. The number of aliphatic imine (C=N–C) groups is 2. The van der Waals surface area contributed by atoms with Gasteiger partial charge in [-0.3, -0.25) is 10.1 Å². The lowest BCUT2D eigenvalue weighted by molar-refractivity contribution is -0.174. The standard InChI is InChI=1S/C38H49N5O8/c1-7-49-34(48)31(23-8-11-25(12-9-23)43(5)6)26-18-24(33(47)51-26)10-13-27-36(3)15-14-30(45)37(4,20-44)28(36)19-29(38(27)21-50-38)41-22(2)32(46)42-35-39-16-17-40-35/h8-13,16,18,22,27-30,41,44-45H,7,14-15,17,19-21H2,1-6H3,(H,40,42,46)/b13-10+,31-26-/t22?,27?,28?,29?,30-,36-,37+,38?/m1/s1. The second kappa shape index (κ2) is 14.1. The molecule has 2 saturated carbocycles. The number of aliphatic hydroxyl groups is 2. The number of allylic oxidation sites excluding steroid dienone is 1. The van der Waals surface area contributed by atoms with Crippen molar-refractivity contribution in [1.82, 2.24) is 10.6 Å². The maximum atomic E-state index is 13.4. The second-order valence-corrected chi connectivity index (χ2v) is 14.9. The first-order valence-corrected chi connectivity index (χ1v) is 17.7. The number of esters is 2. The van der Waals surface area contributed by atoms with Crippen LogP contribution in [0.5, 0.6) is 0 Å². The van der Waals surface area contributed by atoms with Crippen molar-refractivity contribution < 1.29 is 38.8 Å². The number of cyclic esters (lactones) is 1. The van der Waals surface area contributed by atoms with Crippen LogP contribution in [0.1, 0.15) is 52.5 Å². The Labute approximate surface area is 298 Å². The van der Waals surface area contributed by atoms with Crippen molar-refractivity contribution in [3.63, 3.8) is 0 Å². The average molecular weight is 704 g/mol. The molecule has 2 aliphatic carbocycles. The number of hydrogen-bond acceptors (Lipinski definition) is 12. The van der Waals surface area contributed by atoms with Crippen molar-refractivity contribution in [3.05, 3.63) is 59.4 Å². The number of ether oxygens (including phenoxy) is 3. The van der Waals surface area contributed by atoms with E-state index in [4.69, 9.17) is 14.2 Å². The molecule has 1 aromatic rings. The number of hydrogen-bond donors (Lipinski definition) is 4. The molecule has 8 atom stereocenters. The van der Waals surface area contributed by atoms with E-state index in [2.05, 4.69) is 27.5 Å². The Hall–Kier alpha value is -4.17. The number of carbonyl (C=O) groups is 3. The third-order valence-electron chi connectivity index (χ3n) is 11.6. The van der Waals surface area contributed by atoms with Gasteiger partial charge in [-0.1, -0.05) is 38.1 Å². The highest BCUT2D eigenvalue weighted by atomic mass is 16.6. The molecule has 1 aromatic carbocycles. The minimum absolute atomic E-state index is 0.102. The van der Waals surface area contributed by atoms with E-state index in [9.17, 15) is 24.6 Å². The third kappa shape index (κ3) is 6.68. The van der Waals surface area contributed by atoms with E-state index in [1.54, 1.807) is 44.3 Å². The molecular formula is C38H49N5O8. The molecule has 6 rings (SSSR count). The van der Waals surface area contributed by atoms with Crippen LogP contribution < -0.4 is 15.5 Å². The maximum absolute atomic E-state index is 13.4. The maximum Gasteiger partial charge on any atom is 0.343 e. The summed E-state index contributed by atoms with van der Waals surface area (Å²) < 4.78 is 17.4. The second-order valence-electron chi connectivity index (χ2n) is 14.9. The van der Waals surface area contributed by atoms with Crippen LogP contribution in [-0.2, 0) is 28.6 Å². The van der Waals surface area contributed by atoms with Crippen LogP contribution in [0.2, 0.25) is 0 Å². The number of rotatable bonds is 10. The fourth-order valence-electron chi connectivity index (χ4n) is 8.61. The van der Waals surface area contributed by atoms with E-state index >= 15 is 0 Å². The molecule has 0 aromatic heterocycles. The van der Waals surface area contributed by atoms with Crippen LogP contribution in [-0.4, -0.2) is 104 Å². The molecule has 5 aliphatic rings. The number of anilines is 1. The number of aliphatic hydroxyl groups excluding tert-OH is 2. The van der Waals surface area contributed by atoms with Crippen LogP contribution in [0, 0.1) is 22.7 Å². The lowest BCUT2D eigenvalue weighted by Gasteiger charge is -2.62. The third-order valence-corrected chi connectivity index (χ3v) is 11.6. The molecule has 5 unspecified atom stereocenters. The number of fused-ring (bicyclic) bond motifs is 1. The Morgan fingerprint density at radius 1 is 1.22 bits per heavy atom. The molecule has 4 N–H and O–H groups in total. The highest BCUT2D eigenvalue weighted by Gasteiger charge is 2.70. The highest BCUT2D eigenvalue weighted by molar-refractivity contribution is 6.19. The van der Waals surface area contributed by atoms with Crippen molar-refractivity contribution in [2.24, 2.45) is 32.7 Å². The van der Waals surface area contributed by atoms with E-state index in [0.29, 0.717) is 38.0 Å². The summed E-state index contributed by atoms with van der Waals surface area (Å²) in [6.45, 7) is 8.36. The molecule has 1 spiro atoms. The molecule has 3 heterocycles. The van der Waals surface area contributed by atoms with Gasteiger partial charge in [0.15, 0.2) is 0 Å². The number of amides is 1. The Bertz CT molecular complexity index is 1710. The fourth-order valence-corrected chi connectivity index (χ4v) is 8.61. The molecule has 3 fully saturated rings. The Kier molecular flexibility index (Phi) is 10.1. The van der Waals surface area contributed by atoms with Crippen LogP contribution in [0.4, 0.5) is 5.69 Å². The zero-order valence-electron chi connectivity index (χ0n) is 30.1. The number of guanidine groups is 1. The summed E-state index contributed by atoms with van der Waals surface area (Å²) in [6, 6.07) is 6.37. The van der Waals surface area contributed by atoms with Gasteiger partial charge in [-0.25, -0.2) is 19.6 Å². The summed E-state index contributed by atoms with van der Waals surface area (Å²) in [6.07, 6.45) is 7.88. The van der Waals surface area contributed by atoms with Gasteiger partial charge in [-0.15, -0.1) is 0 Å². The number of carbonyl (C=O) groups excluding carboxylic acids is 3. The largest absolute Gasteiger partial charge is 0.462 e. The first-order chi connectivity index (χ1) is 24.3. The van der Waals surface area contributed by atoms with Gasteiger partial charge in [-0.2, -0.15) is 0 Å². The van der Waals surface area contributed by atoms with E-state index in [-0.39, 0.29) is 59.9 Å². The van der Waals surface area contributed by atoms with Gasteiger partial charge in [0.05, 0.1) is 44.1 Å². The van der Waals surface area contributed by atoms with E-state index in [1.807, 2.05) is 44.1 Å². The number of nitrogens with one attached hydrogen (secondary N) is 2. The van der Waals surface area contributed by atoms with Gasteiger partial charge >= 0.3 is 11.9 Å². The Balaban J connectivity index is 1.35. The van der Waals surface area contributed by atoms with Gasteiger partial charge in [0.25, 0.3) is 0 Å². The van der Waals surface area contributed by atoms with Gasteiger partial charge in [0, 0.05) is 43.4 Å². The van der Waals surface area contributed by atoms with E-state index in [1.165, 1.54) is 0 Å². The molecular weight excluding hydrogens is 654 g/mol. The van der Waals surface area contributed by atoms with Crippen molar-refractivity contribution in [1.29, 1.82) is 0 Å². The van der Waals surface area contributed by atoms with Crippen LogP contribution in [0.25, 0.3) is 5.57 Å². The molecule has 274 valence electrons. The molecule has 1 saturated heterocycles. The molecule has 13 nitrogen and oxygen atoms in total. The minimum atomic E-state index is -0.813. The number of nitrogens with zero attached hydrogens (tertiary/aromatic N) is 3. The fraction of sp³-hybridized carbons (Fsp3) is 0.553. The molecule has 0 radical (unpaired) electrons. The quantitative estimate of drug-likeness (QED) is 0.161. The van der Waals surface area contributed by atoms with Gasteiger partial charge < -0.3 is 34.6 Å². The summed E-state index contributed by atoms with van der Waals surface area (Å²) in [5, 5.41) is 28.2. The molecule has 1 amide bonds. The average Bonchev–Trinajstić information content (AvgIpc) is 3.54. The lowest BCUT2D eigenvalue weighted by atomic mass is 9.44. The number of epoxide rings is 1. The molecule has 0 bridgehead atoms. The highest BCUT2D eigenvalue weighted by Crippen LogP contribution is 2.65. The lowest BCUT2D eigenvalue weighted by Crippen LogP contribution is -2.67. The van der Waals surface area contributed by atoms with Gasteiger partial charge in [-0.05, 0) is 68.2 Å². The van der Waals surface area contributed by atoms with Crippen molar-refractivity contribution in [3.8, 4) is 0 Å². The van der Waals surface area contributed by atoms with Crippen LogP contribution in [0.15, 0.2) is 63.8 Å². The summed E-state index contributed by atoms with van der Waals surface area (Å²) in [4.78, 5) is 49.9. The normalized spacial score (nSPS) is 34.1. The van der Waals surface area contributed by atoms with E-state index < -0.39 is 40.5 Å².